The molecule has 1 fully saturated rings. The second kappa shape index (κ2) is 7.68. The van der Waals surface area contributed by atoms with Gasteiger partial charge in [0.25, 0.3) is 5.91 Å². The first kappa shape index (κ1) is 19.6. The number of anilines is 1. The maximum Gasteiger partial charge on any atom is 0.325 e. The van der Waals surface area contributed by atoms with E-state index in [9.17, 15) is 19.2 Å². The highest BCUT2D eigenvalue weighted by molar-refractivity contribution is 6.10. The highest BCUT2D eigenvalue weighted by Gasteiger charge is 2.47. The second-order valence-electron chi connectivity index (χ2n) is 7.27. The van der Waals surface area contributed by atoms with Crippen molar-refractivity contribution < 1.29 is 19.2 Å². The van der Waals surface area contributed by atoms with Crippen LogP contribution in [0.3, 0.4) is 0 Å². The van der Waals surface area contributed by atoms with Gasteiger partial charge in [0, 0.05) is 11.3 Å². The summed E-state index contributed by atoms with van der Waals surface area (Å²) < 4.78 is 0. The van der Waals surface area contributed by atoms with E-state index in [0.29, 0.717) is 23.6 Å². The summed E-state index contributed by atoms with van der Waals surface area (Å²) in [6, 6.07) is 5.94. The smallest absolute Gasteiger partial charge is 0.325 e. The monoisotopic (exact) mass is 359 g/mol. The van der Waals surface area contributed by atoms with Crippen LogP contribution in [0.15, 0.2) is 24.3 Å². The number of amides is 4. The van der Waals surface area contributed by atoms with E-state index in [0.717, 1.165) is 11.3 Å². The maximum absolute atomic E-state index is 12.6. The molecule has 0 bridgehead atoms. The molecule has 4 amide bonds. The summed E-state index contributed by atoms with van der Waals surface area (Å²) >= 11 is 0. The summed E-state index contributed by atoms with van der Waals surface area (Å²) in [5, 5.41) is 5.31. The molecule has 1 aliphatic rings. The average Bonchev–Trinajstić information content (AvgIpc) is 2.77. The van der Waals surface area contributed by atoms with Crippen molar-refractivity contribution in [2.45, 2.75) is 46.1 Å². The summed E-state index contributed by atoms with van der Waals surface area (Å²) in [6.45, 7) is 6.85. The van der Waals surface area contributed by atoms with Gasteiger partial charge in [-0.05, 0) is 44.7 Å². The Balaban J connectivity index is 2.02. The fourth-order valence-corrected chi connectivity index (χ4v) is 2.80. The predicted molar refractivity (Wildman–Crippen MR) is 97.8 cm³/mol. The molecule has 1 aliphatic heterocycles. The molecule has 1 saturated heterocycles. The van der Waals surface area contributed by atoms with Gasteiger partial charge in [0.2, 0.25) is 5.91 Å². The molecule has 1 heterocycles. The summed E-state index contributed by atoms with van der Waals surface area (Å²) in [7, 11) is 0. The number of rotatable bonds is 7. The van der Waals surface area contributed by atoms with E-state index in [2.05, 4.69) is 10.6 Å². The molecule has 2 rings (SSSR count). The van der Waals surface area contributed by atoms with Gasteiger partial charge in [-0.3, -0.25) is 19.3 Å². The van der Waals surface area contributed by atoms with Crippen molar-refractivity contribution in [1.82, 2.24) is 10.2 Å². The third-order valence-corrected chi connectivity index (χ3v) is 4.42. The SMILES string of the molecule is CC(=O)c1cccc(NC(=O)CN2C(=O)NC(C)(CCC(C)C)C2=O)c1. The number of Topliss-reactive ketones (excluding diaryl/α,β-unsaturated/α-hetero) is 1. The Bertz CT molecular complexity index is 744. The Labute approximate surface area is 153 Å². The van der Waals surface area contributed by atoms with Gasteiger partial charge in [-0.2, -0.15) is 0 Å². The summed E-state index contributed by atoms with van der Waals surface area (Å²) in [6.07, 6.45) is 1.31. The minimum absolute atomic E-state index is 0.115. The topological polar surface area (TPSA) is 95.6 Å². The molecule has 1 aromatic rings. The first-order chi connectivity index (χ1) is 12.1. The van der Waals surface area contributed by atoms with Gasteiger partial charge in [-0.1, -0.05) is 26.0 Å². The Morgan fingerprint density at radius 3 is 2.58 bits per heavy atom. The van der Waals surface area contributed by atoms with E-state index in [1.54, 1.807) is 31.2 Å². The molecule has 1 aromatic carbocycles. The van der Waals surface area contributed by atoms with Gasteiger partial charge in [-0.25, -0.2) is 4.79 Å². The van der Waals surface area contributed by atoms with Crippen molar-refractivity contribution in [1.29, 1.82) is 0 Å². The molecule has 1 unspecified atom stereocenters. The lowest BCUT2D eigenvalue weighted by Crippen LogP contribution is -2.44. The summed E-state index contributed by atoms with van der Waals surface area (Å²) in [5.74, 6) is -0.600. The van der Waals surface area contributed by atoms with Gasteiger partial charge < -0.3 is 10.6 Å². The van der Waals surface area contributed by atoms with Crippen LogP contribution in [0.2, 0.25) is 0 Å². The molecule has 0 spiro atoms. The van der Waals surface area contributed by atoms with E-state index in [1.807, 2.05) is 13.8 Å². The van der Waals surface area contributed by atoms with Gasteiger partial charge in [0.1, 0.15) is 12.1 Å². The molecule has 26 heavy (non-hydrogen) atoms. The Kier molecular flexibility index (Phi) is 5.79. The van der Waals surface area contributed by atoms with Gasteiger partial charge in [-0.15, -0.1) is 0 Å². The molecule has 1 atom stereocenters. The number of carbonyl (C=O) groups is 4. The zero-order valence-corrected chi connectivity index (χ0v) is 15.6. The van der Waals surface area contributed by atoms with Crippen molar-refractivity contribution in [3.05, 3.63) is 29.8 Å². The lowest BCUT2D eigenvalue weighted by atomic mass is 9.92. The van der Waals surface area contributed by atoms with Crippen LogP contribution < -0.4 is 10.6 Å². The van der Waals surface area contributed by atoms with E-state index in [1.165, 1.54) is 6.92 Å². The molecule has 0 saturated carbocycles. The number of benzene rings is 1. The fourth-order valence-electron chi connectivity index (χ4n) is 2.80. The van der Waals surface area contributed by atoms with E-state index < -0.39 is 23.4 Å². The van der Waals surface area contributed by atoms with Crippen LogP contribution in [0, 0.1) is 5.92 Å². The Hall–Kier alpha value is -2.70. The molecule has 0 radical (unpaired) electrons. The maximum atomic E-state index is 12.6. The molecule has 140 valence electrons. The number of hydrogen-bond donors (Lipinski definition) is 2. The standard InChI is InChI=1S/C19H25N3O4/c1-12(2)8-9-19(4)17(25)22(18(26)21-19)11-16(24)20-15-7-5-6-14(10-15)13(3)23/h5-7,10,12H,8-9,11H2,1-4H3,(H,20,24)(H,21,26). The van der Waals surface area contributed by atoms with Crippen LogP contribution in [0.1, 0.15) is 50.9 Å². The first-order valence-corrected chi connectivity index (χ1v) is 8.67. The first-order valence-electron chi connectivity index (χ1n) is 8.67. The average molecular weight is 359 g/mol. The number of urea groups is 1. The molecule has 7 heteroatoms. The number of carbonyl (C=O) groups excluding carboxylic acids is 4. The number of hydrogen-bond acceptors (Lipinski definition) is 4. The van der Waals surface area contributed by atoms with E-state index in [-0.39, 0.29) is 12.3 Å². The quantitative estimate of drug-likeness (QED) is 0.578. The number of ketones is 1. The van der Waals surface area contributed by atoms with Gasteiger partial charge in [0.15, 0.2) is 5.78 Å². The highest BCUT2D eigenvalue weighted by atomic mass is 16.2. The van der Waals surface area contributed by atoms with E-state index in [4.69, 9.17) is 0 Å². The predicted octanol–water partition coefficient (Wildman–Crippen LogP) is 2.57. The molecule has 0 aliphatic carbocycles. The number of nitrogens with zero attached hydrogens (tertiary/aromatic N) is 1. The molecule has 0 aromatic heterocycles. The second-order valence-corrected chi connectivity index (χ2v) is 7.27. The Morgan fingerprint density at radius 2 is 1.96 bits per heavy atom. The lowest BCUT2D eigenvalue weighted by Gasteiger charge is -2.22. The van der Waals surface area contributed by atoms with E-state index >= 15 is 0 Å². The summed E-state index contributed by atoms with van der Waals surface area (Å²) in [4.78, 5) is 49.3. The minimum atomic E-state index is -0.976. The highest BCUT2D eigenvalue weighted by Crippen LogP contribution is 2.24. The van der Waals surface area contributed by atoms with Crippen LogP contribution in [0.5, 0.6) is 0 Å². The van der Waals surface area contributed by atoms with Crippen molar-refractivity contribution in [2.75, 3.05) is 11.9 Å². The Morgan fingerprint density at radius 1 is 1.27 bits per heavy atom. The van der Waals surface area contributed by atoms with Crippen LogP contribution in [-0.2, 0) is 9.59 Å². The molecule has 2 N–H and O–H groups in total. The zero-order chi connectivity index (χ0) is 19.5. The minimum Gasteiger partial charge on any atom is -0.325 e. The summed E-state index contributed by atoms with van der Waals surface area (Å²) in [5.41, 5.74) is -0.0627. The third-order valence-electron chi connectivity index (χ3n) is 4.42. The number of imide groups is 1. The molecular formula is C19H25N3O4. The van der Waals surface area contributed by atoms with Crippen LogP contribution in [0.4, 0.5) is 10.5 Å². The van der Waals surface area contributed by atoms with Crippen LogP contribution >= 0.6 is 0 Å². The van der Waals surface area contributed by atoms with Crippen LogP contribution in [0.25, 0.3) is 0 Å². The van der Waals surface area contributed by atoms with Gasteiger partial charge >= 0.3 is 6.03 Å². The van der Waals surface area contributed by atoms with Crippen molar-refractivity contribution in [2.24, 2.45) is 5.92 Å². The third kappa shape index (κ3) is 4.47. The van der Waals surface area contributed by atoms with Gasteiger partial charge in [0.05, 0.1) is 0 Å². The largest absolute Gasteiger partial charge is 0.325 e. The van der Waals surface area contributed by atoms with Crippen LogP contribution in [-0.4, -0.2) is 40.6 Å². The molecular weight excluding hydrogens is 334 g/mol. The van der Waals surface area contributed by atoms with Crippen molar-refractivity contribution in [3.8, 4) is 0 Å². The van der Waals surface area contributed by atoms with Crippen molar-refractivity contribution in [3.63, 3.8) is 0 Å². The fraction of sp³-hybridized carbons (Fsp3) is 0.474. The molecule has 7 nitrogen and oxygen atoms in total. The lowest BCUT2D eigenvalue weighted by molar-refractivity contribution is -0.133. The zero-order valence-electron chi connectivity index (χ0n) is 15.6. The normalized spacial score (nSPS) is 19.7. The van der Waals surface area contributed by atoms with Crippen molar-refractivity contribution >= 4 is 29.3 Å². The number of nitrogens with one attached hydrogen (secondary N) is 2.